The smallest absolute Gasteiger partial charge is 0.242 e. The second-order valence-corrected chi connectivity index (χ2v) is 8.68. The summed E-state index contributed by atoms with van der Waals surface area (Å²) >= 11 is 7.52. The Morgan fingerprint density at radius 3 is 2.50 bits per heavy atom. The summed E-state index contributed by atoms with van der Waals surface area (Å²) in [4.78, 5) is 26.2. The van der Waals surface area contributed by atoms with Crippen LogP contribution in [0.2, 0.25) is 5.02 Å². The maximum Gasteiger partial charge on any atom is 0.242 e. The van der Waals surface area contributed by atoms with Crippen molar-refractivity contribution >= 4 is 46.6 Å². The first-order valence-electron chi connectivity index (χ1n) is 10.3. The molecule has 3 aromatic rings. The van der Waals surface area contributed by atoms with Gasteiger partial charge in [-0.1, -0.05) is 54.9 Å². The van der Waals surface area contributed by atoms with Gasteiger partial charge in [-0.2, -0.15) is 0 Å². The maximum absolute atomic E-state index is 13.3. The summed E-state index contributed by atoms with van der Waals surface area (Å²) in [6, 6.07) is 22.1. The van der Waals surface area contributed by atoms with Crippen LogP contribution < -0.4 is 15.4 Å². The first-order chi connectivity index (χ1) is 15.5. The van der Waals surface area contributed by atoms with E-state index < -0.39 is 5.25 Å². The lowest BCUT2D eigenvalue weighted by atomic mass is 10.1. The monoisotopic (exact) mass is 468 g/mol. The zero-order valence-electron chi connectivity index (χ0n) is 17.9. The summed E-state index contributed by atoms with van der Waals surface area (Å²) in [5.74, 6) is 0.294. The lowest BCUT2D eigenvalue weighted by Gasteiger charge is -2.19. The van der Waals surface area contributed by atoms with Crippen molar-refractivity contribution in [2.45, 2.75) is 29.9 Å². The number of anilines is 2. The molecule has 0 aliphatic rings. The summed E-state index contributed by atoms with van der Waals surface area (Å²) in [7, 11) is 1.54. The average Bonchev–Trinajstić information content (AvgIpc) is 2.78. The van der Waals surface area contributed by atoms with Crippen LogP contribution in [0.25, 0.3) is 0 Å². The second kappa shape index (κ2) is 11.6. The van der Waals surface area contributed by atoms with Crippen LogP contribution in [-0.4, -0.2) is 18.9 Å². The van der Waals surface area contributed by atoms with Crippen LogP contribution in [0.5, 0.6) is 5.75 Å². The molecule has 0 fully saturated rings. The van der Waals surface area contributed by atoms with Gasteiger partial charge < -0.3 is 15.4 Å². The number of nitrogens with one attached hydrogen (secondary N) is 2. The topological polar surface area (TPSA) is 67.4 Å². The number of halogens is 1. The molecule has 0 heterocycles. The van der Waals surface area contributed by atoms with Crippen LogP contribution in [0.15, 0.2) is 77.7 Å². The Kier molecular flexibility index (Phi) is 8.59. The summed E-state index contributed by atoms with van der Waals surface area (Å²) < 4.78 is 5.36. The third kappa shape index (κ3) is 6.52. The van der Waals surface area contributed by atoms with Gasteiger partial charge in [0.15, 0.2) is 0 Å². The third-order valence-corrected chi connectivity index (χ3v) is 6.09. The molecule has 0 saturated heterocycles. The molecular weight excluding hydrogens is 444 g/mol. The molecule has 0 saturated carbocycles. The first kappa shape index (κ1) is 23.7. The quantitative estimate of drug-likeness (QED) is 0.349. The Hall–Kier alpha value is -2.96. The van der Waals surface area contributed by atoms with Crippen molar-refractivity contribution < 1.29 is 14.3 Å². The molecule has 3 aromatic carbocycles. The van der Waals surface area contributed by atoms with Gasteiger partial charge in [0.25, 0.3) is 0 Å². The predicted octanol–water partition coefficient (Wildman–Crippen LogP) is 6.56. The van der Waals surface area contributed by atoms with E-state index in [2.05, 4.69) is 10.6 Å². The summed E-state index contributed by atoms with van der Waals surface area (Å²) in [6.07, 6.45) is 1.25. The number of carbonyl (C=O) groups excluding carboxylic acids is 2. The van der Waals surface area contributed by atoms with Crippen LogP contribution in [0.3, 0.4) is 0 Å². The van der Waals surface area contributed by atoms with E-state index in [4.69, 9.17) is 16.3 Å². The summed E-state index contributed by atoms with van der Waals surface area (Å²) in [6.45, 7) is 1.96. The molecule has 32 heavy (non-hydrogen) atoms. The Balaban J connectivity index is 1.86. The highest BCUT2D eigenvalue weighted by atomic mass is 35.5. The molecule has 2 amide bonds. The van der Waals surface area contributed by atoms with E-state index >= 15 is 0 Å². The minimum Gasteiger partial charge on any atom is -0.495 e. The fourth-order valence-electron chi connectivity index (χ4n) is 3.11. The van der Waals surface area contributed by atoms with Crippen molar-refractivity contribution in [3.63, 3.8) is 0 Å². The van der Waals surface area contributed by atoms with Gasteiger partial charge >= 0.3 is 0 Å². The molecule has 1 unspecified atom stereocenters. The van der Waals surface area contributed by atoms with Crippen LogP contribution in [0, 0.1) is 0 Å². The molecule has 0 bridgehead atoms. The third-order valence-electron chi connectivity index (χ3n) is 4.61. The van der Waals surface area contributed by atoms with Gasteiger partial charge in [-0.3, -0.25) is 9.59 Å². The van der Waals surface area contributed by atoms with Gasteiger partial charge in [-0.15, -0.1) is 11.8 Å². The van der Waals surface area contributed by atoms with E-state index in [0.29, 0.717) is 28.6 Å². The van der Waals surface area contributed by atoms with Crippen molar-refractivity contribution in [3.05, 3.63) is 83.4 Å². The lowest BCUT2D eigenvalue weighted by Crippen LogP contribution is -2.19. The van der Waals surface area contributed by atoms with Crippen molar-refractivity contribution in [1.29, 1.82) is 0 Å². The number of hydrogen-bond acceptors (Lipinski definition) is 4. The van der Waals surface area contributed by atoms with Gasteiger partial charge in [0, 0.05) is 22.0 Å². The molecule has 7 heteroatoms. The van der Waals surface area contributed by atoms with E-state index in [1.54, 1.807) is 25.3 Å². The second-order valence-electron chi connectivity index (χ2n) is 7.07. The fourth-order valence-corrected chi connectivity index (χ4v) is 4.37. The Morgan fingerprint density at radius 2 is 1.78 bits per heavy atom. The Labute approximate surface area is 197 Å². The van der Waals surface area contributed by atoms with Crippen LogP contribution in [0.1, 0.15) is 30.6 Å². The van der Waals surface area contributed by atoms with E-state index in [0.717, 1.165) is 16.9 Å². The first-order valence-corrected chi connectivity index (χ1v) is 11.5. The van der Waals surface area contributed by atoms with Crippen LogP contribution >= 0.6 is 23.4 Å². The highest BCUT2D eigenvalue weighted by Gasteiger charge is 2.23. The summed E-state index contributed by atoms with van der Waals surface area (Å²) in [5.41, 5.74) is 2.07. The molecule has 3 rings (SSSR count). The average molecular weight is 469 g/mol. The number of thioether (sulfide) groups is 1. The molecule has 166 valence electrons. The number of amides is 2. The minimum absolute atomic E-state index is 0.0277. The molecule has 0 spiro atoms. The fraction of sp³-hybridized carbons (Fsp3) is 0.200. The standard InChI is InChI=1S/C25H25ClN2O3S/c1-3-8-23(29)27-19-11-7-12-20(16-19)32-24(17-9-5-4-6-10-17)25(30)28-21-15-18(26)13-14-22(21)31-2/h4-7,9-16,24H,3,8H2,1-2H3,(H,27,29)(H,28,30). The van der Waals surface area contributed by atoms with Crippen molar-refractivity contribution in [2.24, 2.45) is 0 Å². The molecule has 0 aliphatic carbocycles. The van der Waals surface area contributed by atoms with Crippen LogP contribution in [0.4, 0.5) is 11.4 Å². The largest absolute Gasteiger partial charge is 0.495 e. The van der Waals surface area contributed by atoms with E-state index in [-0.39, 0.29) is 11.8 Å². The number of ether oxygens (including phenoxy) is 1. The van der Waals surface area contributed by atoms with Crippen LogP contribution in [-0.2, 0) is 9.59 Å². The molecule has 0 aliphatic heterocycles. The number of rotatable bonds is 9. The van der Waals surface area contributed by atoms with E-state index in [9.17, 15) is 9.59 Å². The SMILES string of the molecule is CCCC(=O)Nc1cccc(SC(C(=O)Nc2cc(Cl)ccc2OC)c2ccccc2)c1. The van der Waals surface area contributed by atoms with Gasteiger partial charge in [0.05, 0.1) is 12.8 Å². The van der Waals surface area contributed by atoms with Crippen molar-refractivity contribution in [3.8, 4) is 5.75 Å². The number of benzene rings is 3. The Bertz CT molecular complexity index is 1080. The molecule has 5 nitrogen and oxygen atoms in total. The van der Waals surface area contributed by atoms with Gasteiger partial charge in [-0.25, -0.2) is 0 Å². The highest BCUT2D eigenvalue weighted by Crippen LogP contribution is 2.38. The lowest BCUT2D eigenvalue weighted by molar-refractivity contribution is -0.116. The van der Waals surface area contributed by atoms with E-state index in [1.807, 2.05) is 61.5 Å². The molecular formula is C25H25ClN2O3S. The molecule has 0 aromatic heterocycles. The normalized spacial score (nSPS) is 11.5. The van der Waals surface area contributed by atoms with E-state index in [1.165, 1.54) is 11.8 Å². The highest BCUT2D eigenvalue weighted by molar-refractivity contribution is 8.00. The minimum atomic E-state index is -0.526. The molecule has 2 N–H and O–H groups in total. The zero-order valence-corrected chi connectivity index (χ0v) is 19.5. The number of methoxy groups -OCH3 is 1. The maximum atomic E-state index is 13.3. The zero-order chi connectivity index (χ0) is 22.9. The molecule has 1 atom stereocenters. The number of hydrogen-bond donors (Lipinski definition) is 2. The van der Waals surface area contributed by atoms with Gasteiger partial charge in [0.1, 0.15) is 11.0 Å². The van der Waals surface area contributed by atoms with Gasteiger partial charge in [0.2, 0.25) is 11.8 Å². The molecule has 0 radical (unpaired) electrons. The Morgan fingerprint density at radius 1 is 1.00 bits per heavy atom. The van der Waals surface area contributed by atoms with Gasteiger partial charge in [-0.05, 0) is 48.4 Å². The van der Waals surface area contributed by atoms with Crippen molar-refractivity contribution in [1.82, 2.24) is 0 Å². The van der Waals surface area contributed by atoms with Crippen molar-refractivity contribution in [2.75, 3.05) is 17.7 Å². The number of carbonyl (C=O) groups is 2. The summed E-state index contributed by atoms with van der Waals surface area (Å²) in [5, 5.41) is 5.82. The predicted molar refractivity (Wildman–Crippen MR) is 132 cm³/mol.